The first kappa shape index (κ1) is 23.0. The first-order valence-corrected chi connectivity index (χ1v) is 10.1. The zero-order valence-electron chi connectivity index (χ0n) is 17.7. The fraction of sp³-hybridized carbons (Fsp3) is 0.333. The molecule has 0 fully saturated rings. The van der Waals surface area contributed by atoms with Crippen LogP contribution in [0.4, 0.5) is 0 Å². The lowest BCUT2D eigenvalue weighted by Crippen LogP contribution is -2.24. The van der Waals surface area contributed by atoms with E-state index in [4.69, 9.17) is 14.2 Å². The third kappa shape index (κ3) is 7.62. The highest BCUT2D eigenvalue weighted by molar-refractivity contribution is 5.86. The van der Waals surface area contributed by atoms with Gasteiger partial charge in [0.05, 0.1) is 19.9 Å². The molecule has 0 aliphatic heterocycles. The van der Waals surface area contributed by atoms with Crippen molar-refractivity contribution in [2.45, 2.75) is 32.6 Å². The van der Waals surface area contributed by atoms with Gasteiger partial charge in [-0.2, -0.15) is 5.10 Å². The second-order valence-corrected chi connectivity index (χ2v) is 6.64. The largest absolute Gasteiger partial charge is 0.497 e. The van der Waals surface area contributed by atoms with Crippen LogP contribution in [0.15, 0.2) is 60.2 Å². The number of carbonyl (C=O) groups excluding carboxylic acids is 1. The highest BCUT2D eigenvalue weighted by Gasteiger charge is 2.07. The molecular weight excluding hydrogens is 380 g/mol. The Kier molecular flexibility index (Phi) is 10.00. The molecule has 6 nitrogen and oxygen atoms in total. The van der Waals surface area contributed by atoms with E-state index in [2.05, 4.69) is 24.0 Å². The number of para-hydroxylation sites is 1. The normalized spacial score (nSPS) is 10.6. The number of nitrogens with one attached hydrogen (secondary N) is 1. The van der Waals surface area contributed by atoms with Crippen LogP contribution in [0.1, 0.15) is 37.3 Å². The van der Waals surface area contributed by atoms with Gasteiger partial charge in [-0.3, -0.25) is 4.79 Å². The number of ether oxygens (including phenoxy) is 3. The lowest BCUT2D eigenvalue weighted by Gasteiger charge is -2.11. The highest BCUT2D eigenvalue weighted by Crippen LogP contribution is 2.23. The SMILES string of the molecule is C=CCc1ccccc1OCC(=O)N/N=C/c1cc(OC)ccc1OCCCCC. The predicted molar refractivity (Wildman–Crippen MR) is 120 cm³/mol. The predicted octanol–water partition coefficient (Wildman–Crippen LogP) is 4.52. The summed E-state index contributed by atoms with van der Waals surface area (Å²) in [6.07, 6.45) is 7.25. The number of amides is 1. The Morgan fingerprint density at radius 2 is 1.97 bits per heavy atom. The number of unbranched alkanes of at least 4 members (excludes halogenated alkanes) is 2. The number of methoxy groups -OCH3 is 1. The molecule has 30 heavy (non-hydrogen) atoms. The van der Waals surface area contributed by atoms with Crippen molar-refractivity contribution in [2.24, 2.45) is 5.10 Å². The fourth-order valence-corrected chi connectivity index (χ4v) is 2.74. The summed E-state index contributed by atoms with van der Waals surface area (Å²) in [6, 6.07) is 13.0. The molecule has 160 valence electrons. The van der Waals surface area contributed by atoms with Crippen LogP contribution in [0.2, 0.25) is 0 Å². The second kappa shape index (κ2) is 13.0. The van der Waals surface area contributed by atoms with Crippen molar-refractivity contribution in [1.82, 2.24) is 5.43 Å². The molecule has 0 aliphatic rings. The van der Waals surface area contributed by atoms with Crippen LogP contribution in [-0.4, -0.2) is 32.4 Å². The Bertz CT molecular complexity index is 849. The summed E-state index contributed by atoms with van der Waals surface area (Å²) in [4.78, 5) is 12.1. The zero-order chi connectivity index (χ0) is 21.6. The van der Waals surface area contributed by atoms with Gasteiger partial charge in [-0.1, -0.05) is 44.0 Å². The number of allylic oxidation sites excluding steroid dienone is 1. The summed E-state index contributed by atoms with van der Waals surface area (Å²) >= 11 is 0. The maximum atomic E-state index is 12.1. The van der Waals surface area contributed by atoms with Gasteiger partial charge in [-0.15, -0.1) is 6.58 Å². The van der Waals surface area contributed by atoms with E-state index in [1.165, 1.54) is 0 Å². The van der Waals surface area contributed by atoms with E-state index in [1.807, 2.05) is 42.5 Å². The van der Waals surface area contributed by atoms with Crippen molar-refractivity contribution in [3.8, 4) is 17.2 Å². The van der Waals surface area contributed by atoms with Gasteiger partial charge in [0, 0.05) is 5.56 Å². The van der Waals surface area contributed by atoms with Crippen LogP contribution in [-0.2, 0) is 11.2 Å². The summed E-state index contributed by atoms with van der Waals surface area (Å²) < 4.78 is 16.7. The molecule has 0 atom stereocenters. The number of rotatable bonds is 13. The van der Waals surface area contributed by atoms with Crippen LogP contribution in [0.3, 0.4) is 0 Å². The molecular formula is C24H30N2O4. The standard InChI is InChI=1S/C24H30N2O4/c1-4-6-9-15-29-23-14-13-21(28-3)16-20(23)17-25-26-24(27)18-30-22-12-8-7-11-19(22)10-5-2/h5,7-8,11-14,16-17H,2,4,6,9-10,15,18H2,1,3H3,(H,26,27)/b25-17+. The third-order valence-electron chi connectivity index (χ3n) is 4.31. The van der Waals surface area contributed by atoms with Crippen LogP contribution in [0, 0.1) is 0 Å². The van der Waals surface area contributed by atoms with Gasteiger partial charge in [0.1, 0.15) is 17.2 Å². The number of hydrogen-bond donors (Lipinski definition) is 1. The third-order valence-corrected chi connectivity index (χ3v) is 4.31. The fourth-order valence-electron chi connectivity index (χ4n) is 2.74. The molecule has 0 radical (unpaired) electrons. The molecule has 0 saturated carbocycles. The first-order valence-electron chi connectivity index (χ1n) is 10.1. The minimum atomic E-state index is -0.354. The van der Waals surface area contributed by atoms with E-state index in [0.717, 1.165) is 30.4 Å². The molecule has 0 heterocycles. The molecule has 0 saturated heterocycles. The van der Waals surface area contributed by atoms with E-state index in [0.29, 0.717) is 30.3 Å². The quantitative estimate of drug-likeness (QED) is 0.228. The van der Waals surface area contributed by atoms with Crippen molar-refractivity contribution in [2.75, 3.05) is 20.3 Å². The highest BCUT2D eigenvalue weighted by atomic mass is 16.5. The Morgan fingerprint density at radius 1 is 1.13 bits per heavy atom. The first-order chi connectivity index (χ1) is 14.7. The van der Waals surface area contributed by atoms with Crippen molar-refractivity contribution < 1.29 is 19.0 Å². The van der Waals surface area contributed by atoms with E-state index >= 15 is 0 Å². The van der Waals surface area contributed by atoms with Gasteiger partial charge in [0.2, 0.25) is 0 Å². The van der Waals surface area contributed by atoms with Crippen LogP contribution in [0.5, 0.6) is 17.2 Å². The molecule has 0 spiro atoms. The minimum Gasteiger partial charge on any atom is -0.497 e. The molecule has 0 bridgehead atoms. The lowest BCUT2D eigenvalue weighted by molar-refractivity contribution is -0.123. The Morgan fingerprint density at radius 3 is 2.73 bits per heavy atom. The molecule has 1 N–H and O–H groups in total. The van der Waals surface area contributed by atoms with Gasteiger partial charge < -0.3 is 14.2 Å². The van der Waals surface area contributed by atoms with Crippen LogP contribution >= 0.6 is 0 Å². The van der Waals surface area contributed by atoms with Crippen molar-refractivity contribution in [3.05, 3.63) is 66.2 Å². The number of hydrogen-bond acceptors (Lipinski definition) is 5. The van der Waals surface area contributed by atoms with E-state index in [1.54, 1.807) is 19.4 Å². The Balaban J connectivity index is 1.93. The van der Waals surface area contributed by atoms with E-state index in [-0.39, 0.29) is 12.5 Å². The van der Waals surface area contributed by atoms with Gasteiger partial charge >= 0.3 is 0 Å². The molecule has 2 aromatic carbocycles. The summed E-state index contributed by atoms with van der Waals surface area (Å²) in [7, 11) is 1.60. The monoisotopic (exact) mass is 410 g/mol. The molecule has 0 aliphatic carbocycles. The maximum absolute atomic E-state index is 12.1. The molecule has 0 aromatic heterocycles. The number of benzene rings is 2. The lowest BCUT2D eigenvalue weighted by atomic mass is 10.1. The summed E-state index contributed by atoms with van der Waals surface area (Å²) in [6.45, 7) is 6.38. The zero-order valence-corrected chi connectivity index (χ0v) is 17.7. The molecule has 2 aromatic rings. The molecule has 2 rings (SSSR count). The maximum Gasteiger partial charge on any atom is 0.277 e. The van der Waals surface area contributed by atoms with E-state index < -0.39 is 0 Å². The van der Waals surface area contributed by atoms with Crippen molar-refractivity contribution in [3.63, 3.8) is 0 Å². The summed E-state index contributed by atoms with van der Waals surface area (Å²) in [5.74, 6) is 1.69. The average Bonchev–Trinajstić information content (AvgIpc) is 2.77. The Hall–Kier alpha value is -3.28. The van der Waals surface area contributed by atoms with Gasteiger partial charge in [0.25, 0.3) is 5.91 Å². The molecule has 1 amide bonds. The van der Waals surface area contributed by atoms with Gasteiger partial charge in [0.15, 0.2) is 6.61 Å². The van der Waals surface area contributed by atoms with Crippen LogP contribution in [0.25, 0.3) is 0 Å². The van der Waals surface area contributed by atoms with Crippen molar-refractivity contribution in [1.29, 1.82) is 0 Å². The van der Waals surface area contributed by atoms with Crippen LogP contribution < -0.4 is 19.6 Å². The average molecular weight is 411 g/mol. The number of hydrazone groups is 1. The molecule has 6 heteroatoms. The molecule has 0 unspecified atom stereocenters. The number of carbonyl (C=O) groups is 1. The summed E-state index contributed by atoms with van der Waals surface area (Å²) in [5.41, 5.74) is 4.19. The van der Waals surface area contributed by atoms with Gasteiger partial charge in [-0.25, -0.2) is 5.43 Å². The van der Waals surface area contributed by atoms with E-state index in [9.17, 15) is 4.79 Å². The smallest absolute Gasteiger partial charge is 0.277 e. The minimum absolute atomic E-state index is 0.135. The topological polar surface area (TPSA) is 69.2 Å². The Labute approximate surface area is 178 Å². The second-order valence-electron chi connectivity index (χ2n) is 6.64. The number of nitrogens with zero attached hydrogens (tertiary/aromatic N) is 1. The van der Waals surface area contributed by atoms with Crippen molar-refractivity contribution >= 4 is 12.1 Å². The summed E-state index contributed by atoms with van der Waals surface area (Å²) in [5, 5.41) is 4.04. The van der Waals surface area contributed by atoms with Gasteiger partial charge in [-0.05, 0) is 42.7 Å².